The number of hydrogen-bond acceptors (Lipinski definition) is 2. The highest BCUT2D eigenvalue weighted by Gasteiger charge is 2.11. The average Bonchev–Trinajstić information content (AvgIpc) is 2.23. The maximum Gasteiger partial charge on any atom is 0.256 e. The zero-order valence-electron chi connectivity index (χ0n) is 7.84. The number of hydrogen-bond donors (Lipinski definition) is 2. The van der Waals surface area contributed by atoms with E-state index in [-0.39, 0.29) is 28.5 Å². The van der Waals surface area contributed by atoms with E-state index in [2.05, 4.69) is 0 Å². The Morgan fingerprint density at radius 2 is 1.60 bits per heavy atom. The van der Waals surface area contributed by atoms with E-state index in [1.807, 2.05) is 18.2 Å². The second-order valence-corrected chi connectivity index (χ2v) is 2.96. The van der Waals surface area contributed by atoms with Crippen LogP contribution >= 0.6 is 0 Å². The molecule has 2 N–H and O–H groups in total. The van der Waals surface area contributed by atoms with Gasteiger partial charge in [-0.25, -0.2) is 0 Å². The smallest absolute Gasteiger partial charge is 0.256 e. The summed E-state index contributed by atoms with van der Waals surface area (Å²) in [4.78, 5) is 0. The zero-order valence-corrected chi connectivity index (χ0v) is 9.42. The Bertz CT molecular complexity index is 446. The van der Waals surface area contributed by atoms with Crippen molar-refractivity contribution in [3.8, 4) is 17.2 Å². The molecule has 2 aromatic rings. The summed E-state index contributed by atoms with van der Waals surface area (Å²) >= 11 is 0. The molecule has 78 valence electrons. The number of halogens is 1. The largest absolute Gasteiger partial charge is 1.00 e. The Morgan fingerprint density at radius 1 is 0.933 bits per heavy atom. The van der Waals surface area contributed by atoms with Crippen molar-refractivity contribution in [1.82, 2.24) is 0 Å². The normalized spacial score (nSPS) is 9.33. The van der Waals surface area contributed by atoms with Crippen molar-refractivity contribution in [2.45, 2.75) is 0 Å². The Labute approximate surface area is 98.0 Å². The molecule has 0 aliphatic rings. The molecule has 4 heteroatoms. The minimum Gasteiger partial charge on any atom is -1.00 e. The number of phenols is 2. The van der Waals surface area contributed by atoms with Crippen LogP contribution in [0.3, 0.4) is 0 Å². The molecule has 0 saturated heterocycles. The molecule has 1 aromatic carbocycles. The number of rotatable bonds is 1. The fourth-order valence-corrected chi connectivity index (χ4v) is 1.28. The van der Waals surface area contributed by atoms with Gasteiger partial charge in [0.05, 0.1) is 6.07 Å². The van der Waals surface area contributed by atoms with E-state index in [0.717, 1.165) is 0 Å². The van der Waals surface area contributed by atoms with Gasteiger partial charge in [0.25, 0.3) is 5.69 Å². The van der Waals surface area contributed by atoms with Crippen molar-refractivity contribution in [2.75, 3.05) is 0 Å². The van der Waals surface area contributed by atoms with Crippen molar-refractivity contribution >= 4 is 0 Å². The Kier molecular flexibility index (Phi) is 3.68. The molecule has 3 nitrogen and oxygen atoms in total. The predicted octanol–water partition coefficient (Wildman–Crippen LogP) is -1.62. The van der Waals surface area contributed by atoms with Crippen LogP contribution in [0.2, 0.25) is 0 Å². The standard InChI is InChI=1S/C11H9NO2.BrH/c13-9-4-5-11(14)10(8-9)12-6-2-1-3-7-12;/h1-8H,(H-,13,14);1H. The molecular weight excluding hydrogens is 258 g/mol. The number of benzene rings is 1. The van der Waals surface area contributed by atoms with E-state index in [1.165, 1.54) is 18.2 Å². The van der Waals surface area contributed by atoms with Crippen LogP contribution in [0, 0.1) is 0 Å². The highest BCUT2D eigenvalue weighted by Crippen LogP contribution is 2.21. The van der Waals surface area contributed by atoms with Gasteiger partial charge in [0, 0.05) is 12.1 Å². The molecule has 0 atom stereocenters. The molecule has 0 aliphatic carbocycles. The molecule has 0 amide bonds. The molecular formula is C11H10BrNO2. The van der Waals surface area contributed by atoms with Crippen molar-refractivity contribution in [3.05, 3.63) is 48.8 Å². The fraction of sp³-hybridized carbons (Fsp3) is 0. The van der Waals surface area contributed by atoms with Crippen LogP contribution in [-0.4, -0.2) is 10.2 Å². The van der Waals surface area contributed by atoms with Gasteiger partial charge in [0.1, 0.15) is 5.75 Å². The van der Waals surface area contributed by atoms with E-state index in [9.17, 15) is 10.2 Å². The topological polar surface area (TPSA) is 44.3 Å². The first kappa shape index (κ1) is 11.5. The summed E-state index contributed by atoms with van der Waals surface area (Å²) in [7, 11) is 0. The third kappa shape index (κ3) is 2.47. The predicted molar refractivity (Wildman–Crippen MR) is 51.3 cm³/mol. The van der Waals surface area contributed by atoms with Crippen LogP contribution < -0.4 is 21.5 Å². The van der Waals surface area contributed by atoms with Gasteiger partial charge < -0.3 is 27.2 Å². The third-order valence-electron chi connectivity index (χ3n) is 1.95. The number of nitrogens with zero attached hydrogens (tertiary/aromatic N) is 1. The van der Waals surface area contributed by atoms with Gasteiger partial charge in [-0.1, -0.05) is 6.07 Å². The SMILES string of the molecule is Oc1ccc(O)c(-[n+]2ccccc2)c1.[Br-]. The first-order valence-electron chi connectivity index (χ1n) is 4.26. The van der Waals surface area contributed by atoms with Gasteiger partial charge in [-0.3, -0.25) is 0 Å². The van der Waals surface area contributed by atoms with Crippen molar-refractivity contribution < 1.29 is 31.8 Å². The number of phenolic OH excluding ortho intramolecular Hbond substituents is 2. The molecule has 0 radical (unpaired) electrons. The molecule has 1 heterocycles. The van der Waals surface area contributed by atoms with Crippen molar-refractivity contribution in [2.24, 2.45) is 0 Å². The summed E-state index contributed by atoms with van der Waals surface area (Å²) in [5.74, 6) is 0.271. The van der Waals surface area contributed by atoms with Crippen molar-refractivity contribution in [1.29, 1.82) is 0 Å². The maximum absolute atomic E-state index is 9.56. The lowest BCUT2D eigenvalue weighted by molar-refractivity contribution is -0.596. The maximum atomic E-state index is 9.56. The van der Waals surface area contributed by atoms with E-state index < -0.39 is 0 Å². The van der Waals surface area contributed by atoms with Crippen LogP contribution in [0.5, 0.6) is 11.5 Å². The highest BCUT2D eigenvalue weighted by molar-refractivity contribution is 5.44. The fourth-order valence-electron chi connectivity index (χ4n) is 1.28. The molecule has 0 fully saturated rings. The van der Waals surface area contributed by atoms with Crippen LogP contribution in [0.1, 0.15) is 0 Å². The molecule has 2 rings (SSSR count). The van der Waals surface area contributed by atoms with Crippen LogP contribution in [-0.2, 0) is 0 Å². The van der Waals surface area contributed by atoms with Gasteiger partial charge in [0.15, 0.2) is 18.1 Å². The van der Waals surface area contributed by atoms with Crippen molar-refractivity contribution in [3.63, 3.8) is 0 Å². The van der Waals surface area contributed by atoms with Crippen LogP contribution in [0.25, 0.3) is 5.69 Å². The van der Waals surface area contributed by atoms with Gasteiger partial charge >= 0.3 is 0 Å². The number of aromatic hydroxyl groups is 2. The van der Waals surface area contributed by atoms with Crippen LogP contribution in [0.15, 0.2) is 48.8 Å². The van der Waals surface area contributed by atoms with E-state index in [4.69, 9.17) is 0 Å². The summed E-state index contributed by atoms with van der Waals surface area (Å²) in [6, 6.07) is 10.0. The van der Waals surface area contributed by atoms with Gasteiger partial charge in [-0.2, -0.15) is 4.57 Å². The number of pyridine rings is 1. The lowest BCUT2D eigenvalue weighted by atomic mass is 10.2. The lowest BCUT2D eigenvalue weighted by Crippen LogP contribution is -3.00. The highest BCUT2D eigenvalue weighted by atomic mass is 79.9. The molecule has 0 spiro atoms. The minimum atomic E-state index is 0. The van der Waals surface area contributed by atoms with E-state index in [0.29, 0.717) is 5.69 Å². The van der Waals surface area contributed by atoms with Crippen LogP contribution in [0.4, 0.5) is 0 Å². The quantitative estimate of drug-likeness (QED) is 0.482. The molecule has 1 aromatic heterocycles. The summed E-state index contributed by atoms with van der Waals surface area (Å²) in [6.07, 6.45) is 3.60. The second kappa shape index (κ2) is 4.79. The summed E-state index contributed by atoms with van der Waals surface area (Å²) in [6.45, 7) is 0. The molecule has 0 aliphatic heterocycles. The van der Waals surface area contributed by atoms with Gasteiger partial charge in [-0.05, 0) is 12.1 Å². The van der Waals surface area contributed by atoms with E-state index in [1.54, 1.807) is 17.0 Å². The Morgan fingerprint density at radius 3 is 2.27 bits per heavy atom. The summed E-state index contributed by atoms with van der Waals surface area (Å²) < 4.78 is 1.73. The first-order chi connectivity index (χ1) is 6.77. The Hall–Kier alpha value is -1.55. The minimum absolute atomic E-state index is 0. The Balaban J connectivity index is 0.00000112. The lowest BCUT2D eigenvalue weighted by Gasteiger charge is -1.98. The van der Waals surface area contributed by atoms with Gasteiger partial charge in [-0.15, -0.1) is 0 Å². The third-order valence-corrected chi connectivity index (χ3v) is 1.95. The molecule has 0 bridgehead atoms. The zero-order chi connectivity index (χ0) is 9.97. The first-order valence-corrected chi connectivity index (χ1v) is 4.26. The molecule has 15 heavy (non-hydrogen) atoms. The summed E-state index contributed by atoms with van der Waals surface area (Å²) in [5.41, 5.74) is 0.561. The summed E-state index contributed by atoms with van der Waals surface area (Å²) in [5, 5.41) is 18.8. The second-order valence-electron chi connectivity index (χ2n) is 2.96. The molecule has 0 unspecified atom stereocenters. The average molecular weight is 268 g/mol. The molecule has 0 saturated carbocycles. The van der Waals surface area contributed by atoms with Gasteiger partial charge in [0.2, 0.25) is 0 Å². The van der Waals surface area contributed by atoms with E-state index >= 15 is 0 Å². The number of aromatic nitrogens is 1. The monoisotopic (exact) mass is 267 g/mol.